The summed E-state index contributed by atoms with van der Waals surface area (Å²) in [4.78, 5) is 11.2. The monoisotopic (exact) mass is 279 g/mol. The third-order valence-corrected chi connectivity index (χ3v) is 4.08. The van der Waals surface area contributed by atoms with Crippen LogP contribution in [-0.4, -0.2) is 24.2 Å². The van der Waals surface area contributed by atoms with Crippen molar-refractivity contribution in [3.8, 4) is 0 Å². The summed E-state index contributed by atoms with van der Waals surface area (Å²) in [7, 11) is -0.657. The Morgan fingerprint density at radius 2 is 1.70 bits per heavy atom. The summed E-state index contributed by atoms with van der Waals surface area (Å²) in [6.45, 7) is 9.34. The highest BCUT2D eigenvalue weighted by Crippen LogP contribution is 2.36. The Hall–Kier alpha value is -1.40. The van der Waals surface area contributed by atoms with Crippen LogP contribution in [0.25, 0.3) is 0 Å². The van der Waals surface area contributed by atoms with Crippen LogP contribution in [0.2, 0.25) is 0 Å². The van der Waals surface area contributed by atoms with E-state index < -0.39 is 30.0 Å². The lowest BCUT2D eigenvalue weighted by atomic mass is 9.77. The summed E-state index contributed by atoms with van der Waals surface area (Å²) < 4.78 is 25.7. The Morgan fingerprint density at radius 1 is 1.20 bits per heavy atom. The van der Waals surface area contributed by atoms with E-state index in [1.54, 1.807) is 13.0 Å². The minimum atomic E-state index is -0.777. The van der Waals surface area contributed by atoms with Gasteiger partial charge in [0, 0.05) is 0 Å². The molecule has 1 fully saturated rings. The summed E-state index contributed by atoms with van der Waals surface area (Å²) in [5, 5.41) is 0. The number of primary amides is 1. The molecule has 1 heterocycles. The first-order chi connectivity index (χ1) is 9.05. The third-order valence-electron chi connectivity index (χ3n) is 4.08. The Morgan fingerprint density at radius 3 is 2.10 bits per heavy atom. The maximum atomic E-state index is 14.0. The second-order valence-corrected chi connectivity index (χ2v) is 6.15. The van der Waals surface area contributed by atoms with Crippen molar-refractivity contribution in [2.45, 2.75) is 45.8 Å². The van der Waals surface area contributed by atoms with Gasteiger partial charge in [-0.15, -0.1) is 0 Å². The lowest BCUT2D eigenvalue weighted by Gasteiger charge is -2.32. The summed E-state index contributed by atoms with van der Waals surface area (Å²) >= 11 is 0. The Bertz CT molecular complexity index is 533. The minimum Gasteiger partial charge on any atom is -0.399 e. The van der Waals surface area contributed by atoms with Crippen LogP contribution < -0.4 is 11.2 Å². The molecule has 1 saturated heterocycles. The first-order valence-electron chi connectivity index (χ1n) is 6.50. The number of amides is 1. The van der Waals surface area contributed by atoms with Gasteiger partial charge in [-0.1, -0.05) is 6.07 Å². The van der Waals surface area contributed by atoms with Crippen LogP contribution in [0.3, 0.4) is 0 Å². The fourth-order valence-electron chi connectivity index (χ4n) is 2.20. The molecule has 108 valence electrons. The summed E-state index contributed by atoms with van der Waals surface area (Å²) in [5.74, 6) is -1.43. The van der Waals surface area contributed by atoms with Gasteiger partial charge in [-0.3, -0.25) is 4.79 Å². The lowest BCUT2D eigenvalue weighted by Crippen LogP contribution is -2.41. The number of hydrogen-bond acceptors (Lipinski definition) is 3. The number of rotatable bonds is 2. The van der Waals surface area contributed by atoms with Crippen molar-refractivity contribution < 1.29 is 18.5 Å². The number of hydrogen-bond donors (Lipinski definition) is 1. The van der Waals surface area contributed by atoms with Crippen molar-refractivity contribution in [1.29, 1.82) is 0 Å². The van der Waals surface area contributed by atoms with Gasteiger partial charge in [-0.25, -0.2) is 4.39 Å². The Kier molecular flexibility index (Phi) is 3.43. The van der Waals surface area contributed by atoms with Crippen LogP contribution in [0.5, 0.6) is 0 Å². The number of aryl methyl sites for hydroxylation is 1. The van der Waals surface area contributed by atoms with E-state index in [1.165, 1.54) is 6.07 Å². The van der Waals surface area contributed by atoms with Gasteiger partial charge in [0.15, 0.2) is 0 Å². The van der Waals surface area contributed by atoms with E-state index in [4.69, 9.17) is 15.0 Å². The standard InChI is InChI=1S/C14H19BFNO3/c1-8-6-9(7-10(16)11(8)12(17)18)15-19-13(2,3)14(4,5)20-15/h6-7H,1-5H3,(H2,17,18). The molecular formula is C14H19BFNO3. The third kappa shape index (κ3) is 2.34. The molecule has 0 spiro atoms. The van der Waals surface area contributed by atoms with E-state index >= 15 is 0 Å². The SMILES string of the molecule is Cc1cc(B2OC(C)(C)C(C)(C)O2)cc(F)c1C(N)=O. The zero-order valence-corrected chi connectivity index (χ0v) is 12.4. The highest BCUT2D eigenvalue weighted by atomic mass is 19.1. The molecule has 0 radical (unpaired) electrons. The van der Waals surface area contributed by atoms with E-state index in [2.05, 4.69) is 0 Å². The fourth-order valence-corrected chi connectivity index (χ4v) is 2.20. The van der Waals surface area contributed by atoms with Gasteiger partial charge in [0.05, 0.1) is 16.8 Å². The first kappa shape index (κ1) is 15.0. The molecular weight excluding hydrogens is 260 g/mol. The highest BCUT2D eigenvalue weighted by Gasteiger charge is 2.51. The summed E-state index contributed by atoms with van der Waals surface area (Å²) in [6, 6.07) is 2.92. The van der Waals surface area contributed by atoms with E-state index in [0.29, 0.717) is 11.0 Å². The molecule has 1 aromatic carbocycles. The summed E-state index contributed by atoms with van der Waals surface area (Å²) in [5.41, 5.74) is 5.10. The number of nitrogens with two attached hydrogens (primary N) is 1. The predicted molar refractivity (Wildman–Crippen MR) is 75.4 cm³/mol. The number of carbonyl (C=O) groups is 1. The van der Waals surface area contributed by atoms with Crippen LogP contribution in [0.4, 0.5) is 4.39 Å². The quantitative estimate of drug-likeness (QED) is 0.835. The van der Waals surface area contributed by atoms with Crippen molar-refractivity contribution in [3.63, 3.8) is 0 Å². The van der Waals surface area contributed by atoms with Crippen LogP contribution in [0.1, 0.15) is 43.6 Å². The molecule has 1 aliphatic heterocycles. The molecule has 0 bridgehead atoms. The number of benzene rings is 1. The van der Waals surface area contributed by atoms with Gasteiger partial charge < -0.3 is 15.0 Å². The molecule has 0 unspecified atom stereocenters. The fraction of sp³-hybridized carbons (Fsp3) is 0.500. The molecule has 1 aromatic rings. The topological polar surface area (TPSA) is 61.6 Å². The molecule has 2 N–H and O–H groups in total. The van der Waals surface area contributed by atoms with Crippen molar-refractivity contribution in [2.75, 3.05) is 0 Å². The molecule has 0 saturated carbocycles. The van der Waals surface area contributed by atoms with Crippen LogP contribution >= 0.6 is 0 Å². The van der Waals surface area contributed by atoms with Crippen LogP contribution in [0, 0.1) is 12.7 Å². The minimum absolute atomic E-state index is 0.0923. The number of halogens is 1. The van der Waals surface area contributed by atoms with Crippen LogP contribution in [0.15, 0.2) is 12.1 Å². The number of carbonyl (C=O) groups excluding carboxylic acids is 1. The largest absolute Gasteiger partial charge is 0.494 e. The second-order valence-electron chi connectivity index (χ2n) is 6.15. The zero-order chi connectivity index (χ0) is 15.3. The van der Waals surface area contributed by atoms with Crippen molar-refractivity contribution >= 4 is 18.5 Å². The normalized spacial score (nSPS) is 20.2. The Balaban J connectivity index is 2.40. The van der Waals surface area contributed by atoms with Gasteiger partial charge in [-0.2, -0.15) is 0 Å². The van der Waals surface area contributed by atoms with Gasteiger partial charge in [-0.05, 0) is 51.7 Å². The van der Waals surface area contributed by atoms with Crippen molar-refractivity contribution in [2.24, 2.45) is 5.73 Å². The van der Waals surface area contributed by atoms with Gasteiger partial charge in [0.1, 0.15) is 5.82 Å². The average Bonchev–Trinajstić information content (AvgIpc) is 2.46. The van der Waals surface area contributed by atoms with E-state index in [1.807, 2.05) is 27.7 Å². The molecule has 0 aromatic heterocycles. The molecule has 4 nitrogen and oxygen atoms in total. The molecule has 20 heavy (non-hydrogen) atoms. The molecule has 1 aliphatic rings. The van der Waals surface area contributed by atoms with E-state index in [-0.39, 0.29) is 5.56 Å². The van der Waals surface area contributed by atoms with Crippen LogP contribution in [-0.2, 0) is 9.31 Å². The van der Waals surface area contributed by atoms with Gasteiger partial charge in [0.25, 0.3) is 5.91 Å². The van der Waals surface area contributed by atoms with Gasteiger partial charge in [0.2, 0.25) is 0 Å². The molecule has 0 aliphatic carbocycles. The maximum Gasteiger partial charge on any atom is 0.494 e. The second kappa shape index (κ2) is 4.57. The smallest absolute Gasteiger partial charge is 0.399 e. The van der Waals surface area contributed by atoms with E-state index in [9.17, 15) is 9.18 Å². The van der Waals surface area contributed by atoms with Gasteiger partial charge >= 0.3 is 7.12 Å². The van der Waals surface area contributed by atoms with Crippen molar-refractivity contribution in [1.82, 2.24) is 0 Å². The zero-order valence-electron chi connectivity index (χ0n) is 12.4. The maximum absolute atomic E-state index is 14.0. The molecule has 2 rings (SSSR count). The first-order valence-corrected chi connectivity index (χ1v) is 6.50. The lowest BCUT2D eigenvalue weighted by molar-refractivity contribution is 0.00578. The summed E-state index contributed by atoms with van der Waals surface area (Å²) in [6.07, 6.45) is 0. The average molecular weight is 279 g/mol. The van der Waals surface area contributed by atoms with E-state index in [0.717, 1.165) is 0 Å². The molecule has 1 amide bonds. The molecule has 6 heteroatoms. The Labute approximate surface area is 118 Å². The van der Waals surface area contributed by atoms with Crippen molar-refractivity contribution in [3.05, 3.63) is 29.1 Å². The molecule has 0 atom stereocenters. The predicted octanol–water partition coefficient (Wildman–Crippen LogP) is 1.53. The highest BCUT2D eigenvalue weighted by molar-refractivity contribution is 6.62.